The number of rotatable bonds is 4. The summed E-state index contributed by atoms with van der Waals surface area (Å²) >= 11 is 0. The molecule has 2 heterocycles. The number of carbonyl (C=O) groups is 1. The maximum Gasteiger partial charge on any atom is 0.239 e. The number of hydrogen-bond donors (Lipinski definition) is 2. The average Bonchev–Trinajstić information content (AvgIpc) is 2.78. The molecule has 1 amide bonds. The number of nitrogens with zero attached hydrogens (tertiary/aromatic N) is 3. The molecule has 2 N–H and O–H groups in total. The van der Waals surface area contributed by atoms with Crippen molar-refractivity contribution in [2.24, 2.45) is 0 Å². The fourth-order valence-corrected chi connectivity index (χ4v) is 2.08. The van der Waals surface area contributed by atoms with E-state index in [0.29, 0.717) is 6.54 Å². The van der Waals surface area contributed by atoms with E-state index in [-0.39, 0.29) is 11.9 Å². The molecule has 1 fully saturated rings. The van der Waals surface area contributed by atoms with Crippen molar-refractivity contribution in [3.05, 3.63) is 12.3 Å². The fourth-order valence-electron chi connectivity index (χ4n) is 2.08. The van der Waals surface area contributed by atoms with Crippen molar-refractivity contribution in [2.75, 3.05) is 38.0 Å². The number of anilines is 1. The SMILES string of the molecule is CC(C)n1nccc1NC(=O)CN1CCNCC1. The Morgan fingerprint density at radius 3 is 2.89 bits per heavy atom. The molecule has 0 spiro atoms. The molecular weight excluding hydrogens is 230 g/mol. The van der Waals surface area contributed by atoms with Gasteiger partial charge in [-0.2, -0.15) is 5.10 Å². The number of carbonyl (C=O) groups excluding carboxylic acids is 1. The second-order valence-electron chi connectivity index (χ2n) is 4.83. The second kappa shape index (κ2) is 5.97. The summed E-state index contributed by atoms with van der Waals surface area (Å²) in [4.78, 5) is 14.1. The molecule has 2 rings (SSSR count). The van der Waals surface area contributed by atoms with E-state index in [0.717, 1.165) is 32.0 Å². The van der Waals surface area contributed by atoms with Crippen LogP contribution in [0.4, 0.5) is 5.82 Å². The molecule has 0 saturated carbocycles. The third-order valence-electron chi connectivity index (χ3n) is 3.00. The van der Waals surface area contributed by atoms with Crippen LogP contribution in [0.15, 0.2) is 12.3 Å². The standard InChI is InChI=1S/C12H21N5O/c1-10(2)17-11(3-4-14-17)15-12(18)9-16-7-5-13-6-8-16/h3-4,10,13H,5-9H2,1-2H3,(H,15,18). The maximum absolute atomic E-state index is 11.9. The van der Waals surface area contributed by atoms with Crippen molar-refractivity contribution in [3.63, 3.8) is 0 Å². The summed E-state index contributed by atoms with van der Waals surface area (Å²) in [6.45, 7) is 8.30. The van der Waals surface area contributed by atoms with Crippen LogP contribution < -0.4 is 10.6 Å². The highest BCUT2D eigenvalue weighted by Gasteiger charge is 2.15. The van der Waals surface area contributed by atoms with Gasteiger partial charge < -0.3 is 10.6 Å². The largest absolute Gasteiger partial charge is 0.314 e. The number of nitrogens with one attached hydrogen (secondary N) is 2. The van der Waals surface area contributed by atoms with Crippen LogP contribution in [-0.4, -0.2) is 53.3 Å². The highest BCUT2D eigenvalue weighted by atomic mass is 16.2. The van der Waals surface area contributed by atoms with Crippen molar-refractivity contribution in [2.45, 2.75) is 19.9 Å². The minimum Gasteiger partial charge on any atom is -0.314 e. The zero-order valence-electron chi connectivity index (χ0n) is 11.0. The minimum absolute atomic E-state index is 0.0271. The van der Waals surface area contributed by atoms with Gasteiger partial charge in [0, 0.05) is 38.3 Å². The summed E-state index contributed by atoms with van der Waals surface area (Å²) in [5.41, 5.74) is 0. The van der Waals surface area contributed by atoms with E-state index in [9.17, 15) is 4.79 Å². The first-order chi connectivity index (χ1) is 8.66. The first-order valence-corrected chi connectivity index (χ1v) is 6.43. The van der Waals surface area contributed by atoms with Crippen LogP contribution in [0.5, 0.6) is 0 Å². The molecule has 6 heteroatoms. The Bertz CT molecular complexity index is 395. The van der Waals surface area contributed by atoms with Gasteiger partial charge in [0.1, 0.15) is 5.82 Å². The lowest BCUT2D eigenvalue weighted by molar-refractivity contribution is -0.117. The van der Waals surface area contributed by atoms with Crippen LogP contribution in [0.25, 0.3) is 0 Å². The molecule has 0 aliphatic carbocycles. The number of hydrogen-bond acceptors (Lipinski definition) is 4. The smallest absolute Gasteiger partial charge is 0.239 e. The van der Waals surface area contributed by atoms with Crippen LogP contribution in [0.1, 0.15) is 19.9 Å². The first-order valence-electron chi connectivity index (χ1n) is 6.43. The van der Waals surface area contributed by atoms with Gasteiger partial charge in [0.05, 0.1) is 12.7 Å². The quantitative estimate of drug-likeness (QED) is 0.808. The zero-order valence-corrected chi connectivity index (χ0v) is 11.0. The summed E-state index contributed by atoms with van der Waals surface area (Å²) in [5.74, 6) is 0.796. The number of amides is 1. The summed E-state index contributed by atoms with van der Waals surface area (Å²) < 4.78 is 1.82. The van der Waals surface area contributed by atoms with Crippen LogP contribution in [0.2, 0.25) is 0 Å². The highest BCUT2D eigenvalue weighted by molar-refractivity contribution is 5.91. The topological polar surface area (TPSA) is 62.2 Å². The van der Waals surface area contributed by atoms with E-state index < -0.39 is 0 Å². The third kappa shape index (κ3) is 3.30. The van der Waals surface area contributed by atoms with Crippen LogP contribution in [0.3, 0.4) is 0 Å². The molecular formula is C12H21N5O. The average molecular weight is 251 g/mol. The maximum atomic E-state index is 11.9. The molecule has 0 unspecified atom stereocenters. The Morgan fingerprint density at radius 1 is 1.50 bits per heavy atom. The van der Waals surface area contributed by atoms with E-state index in [1.807, 2.05) is 24.6 Å². The van der Waals surface area contributed by atoms with Crippen molar-refractivity contribution < 1.29 is 4.79 Å². The summed E-state index contributed by atoms with van der Waals surface area (Å²) in [6.07, 6.45) is 1.71. The molecule has 100 valence electrons. The van der Waals surface area contributed by atoms with E-state index >= 15 is 0 Å². The van der Waals surface area contributed by atoms with E-state index in [4.69, 9.17) is 0 Å². The first kappa shape index (κ1) is 13.0. The van der Waals surface area contributed by atoms with Gasteiger partial charge >= 0.3 is 0 Å². The second-order valence-corrected chi connectivity index (χ2v) is 4.83. The molecule has 0 bridgehead atoms. The molecule has 1 aromatic rings. The van der Waals surface area contributed by atoms with Gasteiger partial charge in [0.25, 0.3) is 0 Å². The van der Waals surface area contributed by atoms with Crippen molar-refractivity contribution in [3.8, 4) is 0 Å². The van der Waals surface area contributed by atoms with Gasteiger partial charge in [0.2, 0.25) is 5.91 Å². The van der Waals surface area contributed by atoms with Crippen molar-refractivity contribution in [1.29, 1.82) is 0 Å². The molecule has 0 radical (unpaired) electrons. The lowest BCUT2D eigenvalue weighted by atomic mass is 10.3. The Balaban J connectivity index is 1.88. The monoisotopic (exact) mass is 251 g/mol. The molecule has 1 aromatic heterocycles. The van der Waals surface area contributed by atoms with Crippen molar-refractivity contribution >= 4 is 11.7 Å². The van der Waals surface area contributed by atoms with Gasteiger partial charge in [-0.1, -0.05) is 0 Å². The predicted octanol–water partition coefficient (Wildman–Crippen LogP) is 0.308. The number of piperazine rings is 1. The Hall–Kier alpha value is -1.40. The van der Waals surface area contributed by atoms with Gasteiger partial charge in [-0.05, 0) is 13.8 Å². The van der Waals surface area contributed by atoms with Gasteiger partial charge in [-0.25, -0.2) is 4.68 Å². The lowest BCUT2D eigenvalue weighted by Gasteiger charge is -2.26. The normalized spacial score (nSPS) is 17.1. The Morgan fingerprint density at radius 2 is 2.22 bits per heavy atom. The molecule has 6 nitrogen and oxygen atoms in total. The van der Waals surface area contributed by atoms with E-state index in [1.165, 1.54) is 0 Å². The summed E-state index contributed by atoms with van der Waals surface area (Å²) in [5, 5.41) is 10.4. The summed E-state index contributed by atoms with van der Waals surface area (Å²) in [6, 6.07) is 2.07. The Labute approximate surface area is 107 Å². The molecule has 1 aliphatic heterocycles. The molecule has 18 heavy (non-hydrogen) atoms. The molecule has 0 atom stereocenters. The van der Waals surface area contributed by atoms with Crippen LogP contribution in [-0.2, 0) is 4.79 Å². The lowest BCUT2D eigenvalue weighted by Crippen LogP contribution is -2.46. The predicted molar refractivity (Wildman–Crippen MR) is 70.6 cm³/mol. The van der Waals surface area contributed by atoms with Crippen LogP contribution >= 0.6 is 0 Å². The summed E-state index contributed by atoms with van der Waals surface area (Å²) in [7, 11) is 0. The fraction of sp³-hybridized carbons (Fsp3) is 0.667. The van der Waals surface area contributed by atoms with E-state index in [2.05, 4.69) is 20.6 Å². The van der Waals surface area contributed by atoms with Gasteiger partial charge in [0.15, 0.2) is 0 Å². The highest BCUT2D eigenvalue weighted by Crippen LogP contribution is 2.12. The minimum atomic E-state index is 0.0271. The van der Waals surface area contributed by atoms with Gasteiger partial charge in [-0.3, -0.25) is 9.69 Å². The third-order valence-corrected chi connectivity index (χ3v) is 3.00. The molecule has 1 saturated heterocycles. The van der Waals surface area contributed by atoms with Crippen molar-refractivity contribution in [1.82, 2.24) is 20.0 Å². The molecule has 0 aromatic carbocycles. The van der Waals surface area contributed by atoms with E-state index in [1.54, 1.807) is 6.20 Å². The van der Waals surface area contributed by atoms with Crippen LogP contribution in [0, 0.1) is 0 Å². The van der Waals surface area contributed by atoms with Gasteiger partial charge in [-0.15, -0.1) is 0 Å². The molecule has 1 aliphatic rings. The zero-order chi connectivity index (χ0) is 13.0. The number of aromatic nitrogens is 2. The Kier molecular flexibility index (Phi) is 4.33.